The Morgan fingerprint density at radius 3 is 2.80 bits per heavy atom. The van der Waals surface area contributed by atoms with Crippen molar-refractivity contribution in [2.75, 3.05) is 26.8 Å². The third-order valence-electron chi connectivity index (χ3n) is 4.73. The number of hydrogen-bond acceptors (Lipinski definition) is 3. The quantitative estimate of drug-likeness (QED) is 0.743. The van der Waals surface area contributed by atoms with Crippen molar-refractivity contribution in [1.29, 1.82) is 0 Å². The summed E-state index contributed by atoms with van der Waals surface area (Å²) in [5.41, 5.74) is 1.84. The second-order valence-electron chi connectivity index (χ2n) is 6.18. The summed E-state index contributed by atoms with van der Waals surface area (Å²) in [6.07, 6.45) is 11.2. The molecule has 1 saturated carbocycles. The van der Waals surface area contributed by atoms with Gasteiger partial charge in [-0.15, -0.1) is 0 Å². The predicted octanol–water partition coefficient (Wildman–Crippen LogP) is 2.54. The van der Waals surface area contributed by atoms with Crippen molar-refractivity contribution in [3.63, 3.8) is 0 Å². The molecule has 1 fully saturated rings. The van der Waals surface area contributed by atoms with Crippen LogP contribution in [0.1, 0.15) is 44.2 Å². The molecule has 4 heteroatoms. The highest BCUT2D eigenvalue weighted by molar-refractivity contribution is 5.01. The summed E-state index contributed by atoms with van der Waals surface area (Å²) in [6.45, 7) is 2.90. The van der Waals surface area contributed by atoms with Crippen LogP contribution in [0.5, 0.6) is 0 Å². The van der Waals surface area contributed by atoms with Crippen molar-refractivity contribution in [2.24, 2.45) is 12.5 Å². The zero-order valence-corrected chi connectivity index (χ0v) is 13.0. The third kappa shape index (κ3) is 4.32. The molecule has 0 aromatic carbocycles. The largest absolute Gasteiger partial charge is 0.383 e. The Bertz CT molecular complexity index is 383. The average molecular weight is 279 g/mol. The maximum atomic E-state index is 5.12. The molecule has 0 unspecified atom stereocenters. The molecule has 0 radical (unpaired) electrons. The second kappa shape index (κ2) is 7.79. The molecule has 0 amide bonds. The van der Waals surface area contributed by atoms with Gasteiger partial charge in [-0.1, -0.05) is 19.3 Å². The van der Waals surface area contributed by atoms with Crippen LogP contribution in [-0.2, 0) is 18.2 Å². The van der Waals surface area contributed by atoms with Crippen LogP contribution in [0, 0.1) is 5.41 Å². The van der Waals surface area contributed by atoms with E-state index in [4.69, 9.17) is 4.74 Å². The van der Waals surface area contributed by atoms with Crippen LogP contribution in [0.15, 0.2) is 12.3 Å². The maximum absolute atomic E-state index is 5.12. The molecule has 1 aromatic heterocycles. The Balaban J connectivity index is 1.87. The number of rotatable bonds is 8. The zero-order chi connectivity index (χ0) is 14.3. The highest BCUT2D eigenvalue weighted by Gasteiger charge is 2.31. The number of aryl methyl sites for hydroxylation is 2. The van der Waals surface area contributed by atoms with E-state index in [1.54, 1.807) is 7.11 Å². The van der Waals surface area contributed by atoms with Crippen molar-refractivity contribution in [2.45, 2.75) is 44.9 Å². The summed E-state index contributed by atoms with van der Waals surface area (Å²) in [6, 6.07) is 2.15. The lowest BCUT2D eigenvalue weighted by molar-refractivity contribution is 0.152. The van der Waals surface area contributed by atoms with Gasteiger partial charge in [0.25, 0.3) is 0 Å². The minimum Gasteiger partial charge on any atom is -0.383 e. The fourth-order valence-electron chi connectivity index (χ4n) is 3.38. The Morgan fingerprint density at radius 1 is 1.35 bits per heavy atom. The molecular formula is C16H29N3O. The smallest absolute Gasteiger partial charge is 0.0587 e. The monoisotopic (exact) mass is 279 g/mol. The van der Waals surface area contributed by atoms with Crippen molar-refractivity contribution in [3.8, 4) is 0 Å². The van der Waals surface area contributed by atoms with E-state index in [2.05, 4.69) is 16.5 Å². The maximum Gasteiger partial charge on any atom is 0.0587 e. The lowest BCUT2D eigenvalue weighted by atomic mass is 9.71. The molecule has 20 heavy (non-hydrogen) atoms. The highest BCUT2D eigenvalue weighted by Crippen LogP contribution is 2.39. The van der Waals surface area contributed by atoms with Crippen molar-refractivity contribution >= 4 is 0 Å². The van der Waals surface area contributed by atoms with E-state index >= 15 is 0 Å². The Kier molecular flexibility index (Phi) is 6.05. The first-order valence-electron chi connectivity index (χ1n) is 7.92. The molecule has 0 spiro atoms. The van der Waals surface area contributed by atoms with Crippen LogP contribution >= 0.6 is 0 Å². The SMILES string of the molecule is COCCNCC1(CCc2ccnn2C)CCCCC1. The van der Waals surface area contributed by atoms with E-state index in [0.29, 0.717) is 5.41 Å². The Morgan fingerprint density at radius 2 is 2.15 bits per heavy atom. The normalized spacial score (nSPS) is 18.3. The first-order valence-corrected chi connectivity index (χ1v) is 7.92. The molecule has 4 nitrogen and oxygen atoms in total. The first-order chi connectivity index (χ1) is 9.76. The van der Waals surface area contributed by atoms with Crippen LogP contribution < -0.4 is 5.32 Å². The average Bonchev–Trinajstić information content (AvgIpc) is 2.88. The molecule has 1 aromatic rings. The molecular weight excluding hydrogens is 250 g/mol. The predicted molar refractivity (Wildman–Crippen MR) is 81.8 cm³/mol. The van der Waals surface area contributed by atoms with Crippen LogP contribution in [0.25, 0.3) is 0 Å². The minimum absolute atomic E-state index is 0.482. The second-order valence-corrected chi connectivity index (χ2v) is 6.18. The fourth-order valence-corrected chi connectivity index (χ4v) is 3.38. The van der Waals surface area contributed by atoms with Gasteiger partial charge >= 0.3 is 0 Å². The molecule has 0 bridgehead atoms. The van der Waals surface area contributed by atoms with E-state index in [-0.39, 0.29) is 0 Å². The number of nitrogens with zero attached hydrogens (tertiary/aromatic N) is 2. The number of nitrogens with one attached hydrogen (secondary N) is 1. The third-order valence-corrected chi connectivity index (χ3v) is 4.73. The van der Waals surface area contributed by atoms with Gasteiger partial charge in [-0.25, -0.2) is 0 Å². The standard InChI is InChI=1S/C16H29N3O/c1-19-15(7-11-18-19)6-10-16(8-4-3-5-9-16)14-17-12-13-20-2/h7,11,17H,3-6,8-10,12-14H2,1-2H3. The zero-order valence-electron chi connectivity index (χ0n) is 13.0. The number of aromatic nitrogens is 2. The van der Waals surface area contributed by atoms with E-state index < -0.39 is 0 Å². The van der Waals surface area contributed by atoms with Crippen molar-refractivity contribution < 1.29 is 4.74 Å². The summed E-state index contributed by atoms with van der Waals surface area (Å²) in [5, 5.41) is 7.87. The molecule has 0 aliphatic heterocycles. The van der Waals surface area contributed by atoms with Crippen LogP contribution in [0.3, 0.4) is 0 Å². The van der Waals surface area contributed by atoms with E-state index in [1.165, 1.54) is 44.2 Å². The van der Waals surface area contributed by atoms with Gasteiger partial charge in [-0.2, -0.15) is 5.10 Å². The van der Waals surface area contributed by atoms with Gasteiger partial charge in [0.15, 0.2) is 0 Å². The molecule has 1 heterocycles. The molecule has 2 rings (SSSR count). The van der Waals surface area contributed by atoms with Gasteiger partial charge in [-0.05, 0) is 37.2 Å². The minimum atomic E-state index is 0.482. The number of methoxy groups -OCH3 is 1. The van der Waals surface area contributed by atoms with Gasteiger partial charge in [0.05, 0.1) is 6.61 Å². The van der Waals surface area contributed by atoms with E-state index in [0.717, 1.165) is 26.1 Å². The molecule has 1 N–H and O–H groups in total. The van der Waals surface area contributed by atoms with E-state index in [1.807, 2.05) is 17.9 Å². The Hall–Kier alpha value is -0.870. The van der Waals surface area contributed by atoms with Gasteiger partial charge in [0, 0.05) is 39.1 Å². The topological polar surface area (TPSA) is 39.1 Å². The lowest BCUT2D eigenvalue weighted by Crippen LogP contribution is -2.38. The van der Waals surface area contributed by atoms with Gasteiger partial charge in [0.2, 0.25) is 0 Å². The van der Waals surface area contributed by atoms with Gasteiger partial charge in [0.1, 0.15) is 0 Å². The number of hydrogen-bond donors (Lipinski definition) is 1. The molecule has 1 aliphatic carbocycles. The Labute approximate surface area is 122 Å². The van der Waals surface area contributed by atoms with Gasteiger partial charge in [-0.3, -0.25) is 4.68 Å². The van der Waals surface area contributed by atoms with Crippen LogP contribution in [-0.4, -0.2) is 36.6 Å². The molecule has 114 valence electrons. The van der Waals surface area contributed by atoms with Crippen LogP contribution in [0.4, 0.5) is 0 Å². The summed E-state index contributed by atoms with van der Waals surface area (Å²) < 4.78 is 7.13. The van der Waals surface area contributed by atoms with Crippen molar-refractivity contribution in [1.82, 2.24) is 15.1 Å². The molecule has 0 saturated heterocycles. The number of ether oxygens (including phenoxy) is 1. The van der Waals surface area contributed by atoms with E-state index in [9.17, 15) is 0 Å². The molecule has 0 atom stereocenters. The van der Waals surface area contributed by atoms with Gasteiger partial charge < -0.3 is 10.1 Å². The first kappa shape index (κ1) is 15.5. The summed E-state index contributed by atoms with van der Waals surface area (Å²) in [7, 11) is 3.81. The highest BCUT2D eigenvalue weighted by atomic mass is 16.5. The fraction of sp³-hybridized carbons (Fsp3) is 0.812. The molecule has 1 aliphatic rings. The van der Waals surface area contributed by atoms with Crippen LogP contribution in [0.2, 0.25) is 0 Å². The summed E-state index contributed by atoms with van der Waals surface area (Å²) in [5.74, 6) is 0. The summed E-state index contributed by atoms with van der Waals surface area (Å²) >= 11 is 0. The lowest BCUT2D eigenvalue weighted by Gasteiger charge is -2.38. The van der Waals surface area contributed by atoms with Crippen molar-refractivity contribution in [3.05, 3.63) is 18.0 Å². The summed E-state index contributed by atoms with van der Waals surface area (Å²) in [4.78, 5) is 0.